The molecule has 1 saturated carbocycles. The second-order valence-electron chi connectivity index (χ2n) is 11.1. The number of para-hydroxylation sites is 2. The SMILES string of the molecule is O=C(O)C(=O)O.O=C1NCN(c2ccccc2)C12CCN(C1CC3(CCCCCC3)Oc3ccccc31)CC2. The van der Waals surface area contributed by atoms with Crippen molar-refractivity contribution in [3.8, 4) is 5.75 Å². The fourth-order valence-corrected chi connectivity index (χ4v) is 6.83. The number of ether oxygens (including phenoxy) is 1. The van der Waals surface area contributed by atoms with Crippen LogP contribution in [0.2, 0.25) is 0 Å². The number of hydrogen-bond donors (Lipinski definition) is 3. The lowest BCUT2D eigenvalue weighted by Gasteiger charge is -2.49. The maximum absolute atomic E-state index is 13.1. The van der Waals surface area contributed by atoms with E-state index in [2.05, 4.69) is 63.6 Å². The molecule has 2 spiro atoms. The number of fused-ring (bicyclic) bond motifs is 1. The smallest absolute Gasteiger partial charge is 0.414 e. The number of nitrogens with one attached hydrogen (secondary N) is 1. The van der Waals surface area contributed by atoms with Crippen molar-refractivity contribution < 1.29 is 29.3 Å². The summed E-state index contributed by atoms with van der Waals surface area (Å²) in [5.41, 5.74) is 2.02. The summed E-state index contributed by atoms with van der Waals surface area (Å²) in [5.74, 6) is -2.37. The lowest BCUT2D eigenvalue weighted by molar-refractivity contribution is -0.159. The first-order valence-corrected chi connectivity index (χ1v) is 13.9. The number of carboxylic acid groups (broad SMARTS) is 2. The number of benzene rings is 2. The van der Waals surface area contributed by atoms with E-state index in [1.54, 1.807) is 0 Å². The summed E-state index contributed by atoms with van der Waals surface area (Å²) in [6, 6.07) is 19.5. The third-order valence-corrected chi connectivity index (χ3v) is 8.84. The van der Waals surface area contributed by atoms with E-state index >= 15 is 0 Å². The van der Waals surface area contributed by atoms with Crippen LogP contribution in [0.15, 0.2) is 54.6 Å². The molecule has 2 aromatic rings. The van der Waals surface area contributed by atoms with Crippen molar-refractivity contribution >= 4 is 23.5 Å². The van der Waals surface area contributed by atoms with Crippen LogP contribution in [0.25, 0.3) is 0 Å². The Hall–Kier alpha value is -3.59. The molecule has 2 saturated heterocycles. The van der Waals surface area contributed by atoms with Crippen LogP contribution in [0.1, 0.15) is 69.4 Å². The summed E-state index contributed by atoms with van der Waals surface area (Å²) in [6.07, 6.45) is 10.3. The van der Waals surface area contributed by atoms with E-state index in [0.29, 0.717) is 12.7 Å². The Morgan fingerprint density at radius 3 is 2.10 bits per heavy atom. The maximum atomic E-state index is 13.1. The van der Waals surface area contributed by atoms with E-state index in [9.17, 15) is 4.79 Å². The van der Waals surface area contributed by atoms with E-state index < -0.39 is 17.5 Å². The number of rotatable bonds is 2. The molecule has 4 aliphatic rings. The fourth-order valence-electron chi connectivity index (χ4n) is 6.83. The summed E-state index contributed by atoms with van der Waals surface area (Å²) in [5, 5.41) is 17.9. The van der Waals surface area contributed by atoms with Crippen molar-refractivity contribution in [3.05, 3.63) is 60.2 Å². The number of carbonyl (C=O) groups excluding carboxylic acids is 1. The highest BCUT2D eigenvalue weighted by Crippen LogP contribution is 2.49. The third-order valence-electron chi connectivity index (χ3n) is 8.84. The van der Waals surface area contributed by atoms with Gasteiger partial charge in [-0.15, -0.1) is 0 Å². The first-order valence-electron chi connectivity index (χ1n) is 13.9. The van der Waals surface area contributed by atoms with Crippen molar-refractivity contribution in [1.29, 1.82) is 0 Å². The van der Waals surface area contributed by atoms with Crippen LogP contribution >= 0.6 is 0 Å². The maximum Gasteiger partial charge on any atom is 0.414 e. The summed E-state index contributed by atoms with van der Waals surface area (Å²) in [6.45, 7) is 2.48. The van der Waals surface area contributed by atoms with Gasteiger partial charge >= 0.3 is 11.9 Å². The molecular weight excluding hydrogens is 498 g/mol. The van der Waals surface area contributed by atoms with Gasteiger partial charge in [-0.3, -0.25) is 9.69 Å². The van der Waals surface area contributed by atoms with Gasteiger partial charge in [0.1, 0.15) is 16.9 Å². The fraction of sp³-hybridized carbons (Fsp3) is 0.500. The van der Waals surface area contributed by atoms with E-state index in [1.807, 2.05) is 6.07 Å². The summed E-state index contributed by atoms with van der Waals surface area (Å²) in [7, 11) is 0. The number of carboxylic acids is 2. The van der Waals surface area contributed by atoms with Crippen LogP contribution in [-0.4, -0.2) is 63.9 Å². The van der Waals surface area contributed by atoms with Gasteiger partial charge in [-0.25, -0.2) is 9.59 Å². The molecule has 3 aliphatic heterocycles. The number of anilines is 1. The zero-order chi connectivity index (χ0) is 27.5. The topological polar surface area (TPSA) is 119 Å². The number of likely N-dealkylation sites (tertiary alicyclic amines) is 1. The Kier molecular flexibility index (Phi) is 7.79. The minimum absolute atomic E-state index is 0.0224. The average Bonchev–Trinajstić information content (AvgIpc) is 3.10. The van der Waals surface area contributed by atoms with Crippen LogP contribution < -0.4 is 15.0 Å². The Morgan fingerprint density at radius 1 is 0.846 bits per heavy atom. The molecule has 0 bridgehead atoms. The Labute approximate surface area is 228 Å². The second-order valence-corrected chi connectivity index (χ2v) is 11.1. The molecule has 208 valence electrons. The lowest BCUT2D eigenvalue weighted by atomic mass is 9.79. The number of carbonyl (C=O) groups is 3. The highest BCUT2D eigenvalue weighted by atomic mass is 16.5. The van der Waals surface area contributed by atoms with Gasteiger partial charge in [-0.05, 0) is 56.7 Å². The van der Waals surface area contributed by atoms with Crippen LogP contribution in [0.5, 0.6) is 5.75 Å². The normalized spacial score (nSPS) is 23.5. The van der Waals surface area contributed by atoms with Gasteiger partial charge in [0.25, 0.3) is 0 Å². The van der Waals surface area contributed by atoms with E-state index in [1.165, 1.54) is 44.1 Å². The molecule has 3 N–H and O–H groups in total. The number of nitrogens with zero attached hydrogens (tertiary/aromatic N) is 2. The summed E-state index contributed by atoms with van der Waals surface area (Å²) >= 11 is 0. The quantitative estimate of drug-likeness (QED) is 0.490. The summed E-state index contributed by atoms with van der Waals surface area (Å²) in [4.78, 5) is 36.3. The Bertz CT molecular complexity index is 1170. The molecule has 0 radical (unpaired) electrons. The zero-order valence-electron chi connectivity index (χ0n) is 22.2. The number of aliphatic carboxylic acids is 2. The predicted octanol–water partition coefficient (Wildman–Crippen LogP) is 4.19. The second kappa shape index (κ2) is 11.3. The molecule has 1 aliphatic carbocycles. The molecule has 3 heterocycles. The Balaban J connectivity index is 0.000000465. The van der Waals surface area contributed by atoms with Gasteiger partial charge in [-0.2, -0.15) is 0 Å². The molecule has 6 rings (SSSR count). The zero-order valence-corrected chi connectivity index (χ0v) is 22.2. The first kappa shape index (κ1) is 27.0. The minimum atomic E-state index is -1.82. The van der Waals surface area contributed by atoms with Gasteiger partial charge in [-0.1, -0.05) is 49.2 Å². The van der Waals surface area contributed by atoms with E-state index in [0.717, 1.165) is 43.8 Å². The Morgan fingerprint density at radius 2 is 1.46 bits per heavy atom. The van der Waals surface area contributed by atoms with Crippen molar-refractivity contribution in [2.75, 3.05) is 24.7 Å². The predicted molar refractivity (Wildman–Crippen MR) is 146 cm³/mol. The summed E-state index contributed by atoms with van der Waals surface area (Å²) < 4.78 is 6.75. The highest BCUT2D eigenvalue weighted by Gasteiger charge is 2.52. The van der Waals surface area contributed by atoms with E-state index in [4.69, 9.17) is 24.5 Å². The molecular formula is C30H37N3O6. The lowest BCUT2D eigenvalue weighted by Crippen LogP contribution is -2.57. The molecule has 9 heteroatoms. The van der Waals surface area contributed by atoms with Gasteiger partial charge in [0.15, 0.2) is 0 Å². The molecule has 1 amide bonds. The number of amides is 1. The molecule has 0 aromatic heterocycles. The molecule has 9 nitrogen and oxygen atoms in total. The minimum Gasteiger partial charge on any atom is -0.487 e. The van der Waals surface area contributed by atoms with Crippen LogP contribution in [0.4, 0.5) is 5.69 Å². The first-order chi connectivity index (χ1) is 18.8. The average molecular weight is 536 g/mol. The van der Waals surface area contributed by atoms with E-state index in [-0.39, 0.29) is 11.5 Å². The molecule has 3 fully saturated rings. The van der Waals surface area contributed by atoms with Crippen molar-refractivity contribution in [2.24, 2.45) is 0 Å². The van der Waals surface area contributed by atoms with Gasteiger partial charge < -0.3 is 25.2 Å². The van der Waals surface area contributed by atoms with Crippen LogP contribution in [-0.2, 0) is 14.4 Å². The number of hydrogen-bond acceptors (Lipinski definition) is 6. The van der Waals surface area contributed by atoms with Gasteiger partial charge in [0, 0.05) is 36.8 Å². The van der Waals surface area contributed by atoms with Crippen molar-refractivity contribution in [2.45, 2.75) is 75.0 Å². The standard InChI is InChI=1S/C28H35N3O2.C2H2O4/c32-26-28(31(21-29-26)22-10-4-3-5-11-22)16-18-30(19-17-28)24-20-27(14-8-1-2-9-15-27)33-25-13-7-6-12-23(24)25;3-1(4)2(5)6/h3-7,10-13,24H,1-2,8-9,14-21H2,(H,29,32);(H,3,4)(H,5,6). The van der Waals surface area contributed by atoms with Crippen molar-refractivity contribution in [1.82, 2.24) is 10.2 Å². The number of piperidine rings is 1. The molecule has 1 unspecified atom stereocenters. The highest BCUT2D eigenvalue weighted by molar-refractivity contribution is 6.27. The molecule has 2 aromatic carbocycles. The van der Waals surface area contributed by atoms with Crippen LogP contribution in [0, 0.1) is 0 Å². The third kappa shape index (κ3) is 5.45. The van der Waals surface area contributed by atoms with Crippen molar-refractivity contribution in [3.63, 3.8) is 0 Å². The monoisotopic (exact) mass is 535 g/mol. The molecule has 39 heavy (non-hydrogen) atoms. The molecule has 1 atom stereocenters. The van der Waals surface area contributed by atoms with Gasteiger partial charge in [0.05, 0.1) is 6.67 Å². The van der Waals surface area contributed by atoms with Gasteiger partial charge in [0.2, 0.25) is 5.91 Å². The van der Waals surface area contributed by atoms with Crippen LogP contribution in [0.3, 0.4) is 0 Å². The largest absolute Gasteiger partial charge is 0.487 e.